The highest BCUT2D eigenvalue weighted by Gasteiger charge is 2.19. The molecule has 0 saturated heterocycles. The zero-order chi connectivity index (χ0) is 17.5. The summed E-state index contributed by atoms with van der Waals surface area (Å²) >= 11 is 1.74. The van der Waals surface area contributed by atoms with Crippen LogP contribution in [0.3, 0.4) is 0 Å². The average molecular weight is 341 g/mol. The van der Waals surface area contributed by atoms with Crippen LogP contribution in [0.5, 0.6) is 0 Å². The molecule has 2 unspecified atom stereocenters. The maximum absolute atomic E-state index is 11.8. The number of rotatable bonds is 8. The molecule has 132 valence electrons. The van der Waals surface area contributed by atoms with E-state index in [0.717, 1.165) is 13.0 Å². The highest BCUT2D eigenvalue weighted by molar-refractivity contribution is 7.07. The van der Waals surface area contributed by atoms with Crippen LogP contribution in [0.2, 0.25) is 0 Å². The van der Waals surface area contributed by atoms with Crippen LogP contribution in [0, 0.1) is 11.8 Å². The van der Waals surface area contributed by atoms with Crippen molar-refractivity contribution in [3.63, 3.8) is 0 Å². The Bertz CT molecular complexity index is 452. The molecule has 0 bridgehead atoms. The lowest BCUT2D eigenvalue weighted by molar-refractivity contribution is 0.0514. The maximum Gasteiger partial charge on any atom is 0.407 e. The highest BCUT2D eigenvalue weighted by atomic mass is 32.1. The Labute approximate surface area is 145 Å². The summed E-state index contributed by atoms with van der Waals surface area (Å²) in [6, 6.07) is 2.60. The molecule has 5 heteroatoms. The minimum absolute atomic E-state index is 0.338. The molecule has 4 nitrogen and oxygen atoms in total. The van der Waals surface area contributed by atoms with Crippen molar-refractivity contribution in [2.45, 2.75) is 59.6 Å². The maximum atomic E-state index is 11.8. The standard InChI is InChI=1S/C18H32N2O2S/c1-13(2)16(11-20-17(21)22-18(4,5)6)10-19-14(3)9-15-7-8-23-12-15/h7-8,12-14,16,19H,9-11H2,1-6H3,(H,20,21). The molecule has 0 aliphatic rings. The number of ether oxygens (including phenoxy) is 1. The first-order valence-corrected chi connectivity index (χ1v) is 9.33. The fourth-order valence-electron chi connectivity index (χ4n) is 2.26. The van der Waals surface area contributed by atoms with Gasteiger partial charge in [-0.25, -0.2) is 4.79 Å². The smallest absolute Gasteiger partial charge is 0.407 e. The molecular weight excluding hydrogens is 308 g/mol. The van der Waals surface area contributed by atoms with Gasteiger partial charge in [-0.2, -0.15) is 11.3 Å². The van der Waals surface area contributed by atoms with E-state index in [9.17, 15) is 4.79 Å². The van der Waals surface area contributed by atoms with Gasteiger partial charge in [0.2, 0.25) is 0 Å². The van der Waals surface area contributed by atoms with E-state index in [2.05, 4.69) is 48.2 Å². The number of amides is 1. The summed E-state index contributed by atoms with van der Waals surface area (Å²) in [7, 11) is 0. The Balaban J connectivity index is 2.35. The molecule has 0 radical (unpaired) electrons. The van der Waals surface area contributed by atoms with Gasteiger partial charge in [0, 0.05) is 19.1 Å². The minimum Gasteiger partial charge on any atom is -0.444 e. The molecule has 23 heavy (non-hydrogen) atoms. The lowest BCUT2D eigenvalue weighted by Gasteiger charge is -2.25. The molecule has 1 heterocycles. The third kappa shape index (κ3) is 8.96. The van der Waals surface area contributed by atoms with Gasteiger partial charge in [-0.15, -0.1) is 0 Å². The predicted molar refractivity (Wildman–Crippen MR) is 98.1 cm³/mol. The third-order valence-electron chi connectivity index (χ3n) is 3.70. The molecule has 1 amide bonds. The van der Waals surface area contributed by atoms with Gasteiger partial charge in [0.1, 0.15) is 5.60 Å². The second-order valence-corrected chi connectivity index (χ2v) is 8.31. The molecule has 0 aromatic carbocycles. The Kier molecular flexibility index (Phi) is 8.06. The second-order valence-electron chi connectivity index (χ2n) is 7.53. The Hall–Kier alpha value is -1.07. The Morgan fingerprint density at radius 1 is 1.26 bits per heavy atom. The molecule has 0 aliphatic heterocycles. The SMILES string of the molecule is CC(Cc1ccsc1)NCC(CNC(=O)OC(C)(C)C)C(C)C. The van der Waals surface area contributed by atoms with Crippen LogP contribution in [0.15, 0.2) is 16.8 Å². The quantitative estimate of drug-likeness (QED) is 0.750. The number of nitrogens with one attached hydrogen (secondary N) is 2. The summed E-state index contributed by atoms with van der Waals surface area (Å²) in [4.78, 5) is 11.8. The average Bonchev–Trinajstić information content (AvgIpc) is 2.88. The van der Waals surface area contributed by atoms with Gasteiger partial charge in [0.05, 0.1) is 0 Å². The summed E-state index contributed by atoms with van der Waals surface area (Å²) in [5, 5.41) is 10.8. The molecule has 1 rings (SSSR count). The number of hydrogen-bond acceptors (Lipinski definition) is 4. The summed E-state index contributed by atoms with van der Waals surface area (Å²) in [6.45, 7) is 13.7. The summed E-state index contributed by atoms with van der Waals surface area (Å²) in [6.07, 6.45) is 0.697. The van der Waals surface area contributed by atoms with E-state index in [0.29, 0.717) is 24.4 Å². The van der Waals surface area contributed by atoms with Crippen molar-refractivity contribution in [1.29, 1.82) is 0 Å². The van der Waals surface area contributed by atoms with E-state index >= 15 is 0 Å². The third-order valence-corrected chi connectivity index (χ3v) is 4.43. The molecule has 0 aliphatic carbocycles. The van der Waals surface area contributed by atoms with Crippen molar-refractivity contribution in [2.75, 3.05) is 13.1 Å². The highest BCUT2D eigenvalue weighted by Crippen LogP contribution is 2.12. The van der Waals surface area contributed by atoms with E-state index in [1.807, 2.05) is 20.8 Å². The van der Waals surface area contributed by atoms with Gasteiger partial charge in [0.25, 0.3) is 0 Å². The summed E-state index contributed by atoms with van der Waals surface area (Å²) in [5.41, 5.74) is 0.924. The minimum atomic E-state index is -0.454. The van der Waals surface area contributed by atoms with E-state index in [4.69, 9.17) is 4.74 Å². The number of carbonyl (C=O) groups excluding carboxylic acids is 1. The van der Waals surface area contributed by atoms with Gasteiger partial charge in [-0.05, 0) is 68.3 Å². The lowest BCUT2D eigenvalue weighted by atomic mass is 9.95. The molecule has 1 aromatic rings. The Morgan fingerprint density at radius 3 is 2.48 bits per heavy atom. The zero-order valence-corrected chi connectivity index (χ0v) is 16.1. The fourth-order valence-corrected chi connectivity index (χ4v) is 2.94. The molecule has 0 fully saturated rings. The number of alkyl carbamates (subject to hydrolysis) is 1. The molecule has 2 atom stereocenters. The monoisotopic (exact) mass is 340 g/mol. The van der Waals surface area contributed by atoms with Crippen molar-refractivity contribution in [2.24, 2.45) is 11.8 Å². The number of hydrogen-bond donors (Lipinski definition) is 2. The van der Waals surface area contributed by atoms with Crippen molar-refractivity contribution in [3.05, 3.63) is 22.4 Å². The van der Waals surface area contributed by atoms with Crippen molar-refractivity contribution in [3.8, 4) is 0 Å². The first-order chi connectivity index (χ1) is 10.7. The van der Waals surface area contributed by atoms with Crippen LogP contribution < -0.4 is 10.6 Å². The first-order valence-electron chi connectivity index (χ1n) is 8.38. The summed E-state index contributed by atoms with van der Waals surface area (Å²) in [5.74, 6) is 0.873. The molecule has 0 spiro atoms. The van der Waals surface area contributed by atoms with Gasteiger partial charge in [-0.3, -0.25) is 0 Å². The van der Waals surface area contributed by atoms with Crippen LogP contribution in [0.1, 0.15) is 47.1 Å². The summed E-state index contributed by atoms with van der Waals surface area (Å²) < 4.78 is 5.29. The molecule has 0 saturated carbocycles. The van der Waals surface area contributed by atoms with Crippen molar-refractivity contribution >= 4 is 17.4 Å². The van der Waals surface area contributed by atoms with Crippen LogP contribution in [-0.2, 0) is 11.2 Å². The van der Waals surface area contributed by atoms with Crippen molar-refractivity contribution in [1.82, 2.24) is 10.6 Å². The number of carbonyl (C=O) groups is 1. The molecule has 1 aromatic heterocycles. The Morgan fingerprint density at radius 2 is 1.96 bits per heavy atom. The second kappa shape index (κ2) is 9.28. The van der Waals surface area contributed by atoms with Crippen LogP contribution >= 0.6 is 11.3 Å². The van der Waals surface area contributed by atoms with Crippen LogP contribution in [0.4, 0.5) is 4.79 Å². The van der Waals surface area contributed by atoms with E-state index in [-0.39, 0.29) is 6.09 Å². The van der Waals surface area contributed by atoms with E-state index in [1.54, 1.807) is 11.3 Å². The van der Waals surface area contributed by atoms with Gasteiger partial charge in [-0.1, -0.05) is 13.8 Å². The van der Waals surface area contributed by atoms with Gasteiger partial charge in [0.15, 0.2) is 0 Å². The normalized spacial score (nSPS) is 14.6. The van der Waals surface area contributed by atoms with Crippen LogP contribution in [-0.4, -0.2) is 30.8 Å². The van der Waals surface area contributed by atoms with Crippen LogP contribution in [0.25, 0.3) is 0 Å². The van der Waals surface area contributed by atoms with Crippen molar-refractivity contribution < 1.29 is 9.53 Å². The van der Waals surface area contributed by atoms with Gasteiger partial charge < -0.3 is 15.4 Å². The predicted octanol–water partition coefficient (Wildman–Crippen LogP) is 4.07. The topological polar surface area (TPSA) is 50.4 Å². The largest absolute Gasteiger partial charge is 0.444 e. The first kappa shape index (κ1) is 20.0. The number of thiophene rings is 1. The fraction of sp³-hybridized carbons (Fsp3) is 0.722. The van der Waals surface area contributed by atoms with Gasteiger partial charge >= 0.3 is 6.09 Å². The lowest BCUT2D eigenvalue weighted by Crippen LogP contribution is -2.41. The van der Waals surface area contributed by atoms with E-state index in [1.165, 1.54) is 5.56 Å². The molecule has 2 N–H and O–H groups in total. The molecular formula is C18H32N2O2S. The zero-order valence-electron chi connectivity index (χ0n) is 15.3. The van der Waals surface area contributed by atoms with E-state index < -0.39 is 5.60 Å².